The highest BCUT2D eigenvalue weighted by molar-refractivity contribution is 7.85. The second-order valence-electron chi connectivity index (χ2n) is 12.0. The number of benzene rings is 2. The van der Waals surface area contributed by atoms with Crippen molar-refractivity contribution in [2.75, 3.05) is 30.8 Å². The van der Waals surface area contributed by atoms with Crippen LogP contribution in [-0.2, 0) is 26.9 Å². The number of piperidine rings is 1. The summed E-state index contributed by atoms with van der Waals surface area (Å²) in [6.07, 6.45) is -1.38. The second kappa shape index (κ2) is 12.1. The highest BCUT2D eigenvalue weighted by Crippen LogP contribution is 2.38. The van der Waals surface area contributed by atoms with Gasteiger partial charge in [-0.3, -0.25) is 13.9 Å². The Hall–Kier alpha value is -3.49. The summed E-state index contributed by atoms with van der Waals surface area (Å²) in [6.45, 7) is 4.79. The molecule has 44 heavy (non-hydrogen) atoms. The van der Waals surface area contributed by atoms with Crippen molar-refractivity contribution in [3.05, 3.63) is 58.7 Å². The van der Waals surface area contributed by atoms with Gasteiger partial charge in [0.25, 0.3) is 11.8 Å². The molecule has 1 saturated heterocycles. The van der Waals surface area contributed by atoms with Gasteiger partial charge in [0.2, 0.25) is 11.7 Å². The van der Waals surface area contributed by atoms with Crippen molar-refractivity contribution < 1.29 is 36.2 Å². The highest BCUT2D eigenvalue weighted by Gasteiger charge is 2.42. The van der Waals surface area contributed by atoms with Crippen LogP contribution in [0.4, 0.5) is 23.7 Å². The molecule has 3 atom stereocenters. The first-order valence-corrected chi connectivity index (χ1v) is 15.5. The number of halogens is 4. The summed E-state index contributed by atoms with van der Waals surface area (Å²) < 4.78 is 68.2. The van der Waals surface area contributed by atoms with Crippen molar-refractivity contribution >= 4 is 40.1 Å². The minimum Gasteiger partial charge on any atom is -0.444 e. The monoisotopic (exact) mass is 653 g/mol. The van der Waals surface area contributed by atoms with Gasteiger partial charge < -0.3 is 19.5 Å². The molecule has 3 heterocycles. The van der Waals surface area contributed by atoms with Crippen LogP contribution in [0.5, 0.6) is 0 Å². The number of anilines is 1. The van der Waals surface area contributed by atoms with E-state index in [2.05, 4.69) is 15.5 Å². The van der Waals surface area contributed by atoms with Crippen molar-refractivity contribution in [3.8, 4) is 11.4 Å². The quantitative estimate of drug-likeness (QED) is 0.403. The molecule has 2 aromatic carbocycles. The molecule has 3 aromatic rings. The van der Waals surface area contributed by atoms with E-state index < -0.39 is 65.1 Å². The fourth-order valence-corrected chi connectivity index (χ4v) is 6.69. The number of alkyl carbamates (subject to hydrolysis) is 1. The van der Waals surface area contributed by atoms with E-state index in [1.807, 2.05) is 0 Å². The lowest BCUT2D eigenvalue weighted by molar-refractivity contribution is -0.120. The van der Waals surface area contributed by atoms with E-state index in [1.165, 1.54) is 15.9 Å². The summed E-state index contributed by atoms with van der Waals surface area (Å²) in [5.74, 6) is -5.82. The molecule has 0 radical (unpaired) electrons. The standard InChI is InChI=1S/C29H31ClF3N5O5S/c1-28(2,3)42-27(40)34-21-14-44(41)23-10-20(31)19(9-22(23)38(26(21)39)12-16-5-7-18(30)8-6-16)24-35-25(43-36-24)17-11-29(32,33)15-37(4)13-17/h5-10,17,21H,11-15H2,1-4H3,(H,34,40)/t17?,21-,44?/m0/s1. The van der Waals surface area contributed by atoms with E-state index in [9.17, 15) is 22.6 Å². The zero-order valence-electron chi connectivity index (χ0n) is 24.4. The predicted octanol–water partition coefficient (Wildman–Crippen LogP) is 5.13. The Balaban J connectivity index is 1.53. The number of ether oxygens (including phenoxy) is 1. The first-order chi connectivity index (χ1) is 20.6. The number of alkyl halides is 2. The molecule has 15 heteroatoms. The van der Waals surface area contributed by atoms with E-state index >= 15 is 4.39 Å². The first kappa shape index (κ1) is 31.9. The topological polar surface area (TPSA) is 118 Å². The maximum atomic E-state index is 15.6. The van der Waals surface area contributed by atoms with Crippen LogP contribution in [0.1, 0.15) is 44.6 Å². The second-order valence-corrected chi connectivity index (χ2v) is 13.9. The molecule has 0 saturated carbocycles. The Labute approximate surface area is 259 Å². The predicted molar refractivity (Wildman–Crippen MR) is 157 cm³/mol. The van der Waals surface area contributed by atoms with E-state index in [0.29, 0.717) is 10.6 Å². The van der Waals surface area contributed by atoms with E-state index in [-0.39, 0.29) is 46.7 Å². The lowest BCUT2D eigenvalue weighted by atomic mass is 9.95. The van der Waals surface area contributed by atoms with Crippen LogP contribution in [0.15, 0.2) is 45.8 Å². The molecular weight excluding hydrogens is 623 g/mol. The molecule has 0 bridgehead atoms. The number of carbonyl (C=O) groups is 2. The third-order valence-electron chi connectivity index (χ3n) is 7.02. The Morgan fingerprint density at radius 3 is 2.61 bits per heavy atom. The Morgan fingerprint density at radius 1 is 1.25 bits per heavy atom. The van der Waals surface area contributed by atoms with Crippen LogP contribution in [0.25, 0.3) is 11.4 Å². The molecule has 2 unspecified atom stereocenters. The summed E-state index contributed by atoms with van der Waals surface area (Å²) >= 11 is 6.04. The highest BCUT2D eigenvalue weighted by atomic mass is 35.5. The fourth-order valence-electron chi connectivity index (χ4n) is 5.22. The molecule has 10 nitrogen and oxygen atoms in total. The van der Waals surface area contributed by atoms with Gasteiger partial charge in [-0.15, -0.1) is 0 Å². The normalized spacial score (nSPS) is 22.3. The molecule has 1 fully saturated rings. The minimum atomic E-state index is -2.96. The van der Waals surface area contributed by atoms with Crippen LogP contribution in [0.2, 0.25) is 5.02 Å². The molecule has 0 spiro atoms. The van der Waals surface area contributed by atoms with Gasteiger partial charge in [0.05, 0.1) is 51.7 Å². The Bertz CT molecular complexity index is 1600. The van der Waals surface area contributed by atoms with E-state index in [0.717, 1.165) is 6.07 Å². The molecule has 0 aliphatic carbocycles. The lowest BCUT2D eigenvalue weighted by Gasteiger charge is -2.33. The number of nitrogens with zero attached hydrogens (tertiary/aromatic N) is 4. The largest absolute Gasteiger partial charge is 0.444 e. The first-order valence-electron chi connectivity index (χ1n) is 13.8. The summed E-state index contributed by atoms with van der Waals surface area (Å²) in [4.78, 5) is 33.5. The zero-order chi connectivity index (χ0) is 32.0. The van der Waals surface area contributed by atoms with Crippen LogP contribution in [0.3, 0.4) is 0 Å². The van der Waals surface area contributed by atoms with Gasteiger partial charge in [0.1, 0.15) is 17.5 Å². The molecule has 2 amide bonds. The minimum absolute atomic E-state index is 0.0133. The fraction of sp³-hybridized carbons (Fsp3) is 0.448. The molecular formula is C29H31ClF3N5O5S. The number of fused-ring (bicyclic) bond motifs is 1. The van der Waals surface area contributed by atoms with Crippen LogP contribution in [0, 0.1) is 5.82 Å². The average Bonchev–Trinajstić information content (AvgIpc) is 3.37. The van der Waals surface area contributed by atoms with Crippen molar-refractivity contribution in [1.29, 1.82) is 0 Å². The number of aromatic nitrogens is 2. The van der Waals surface area contributed by atoms with Crippen LogP contribution in [-0.4, -0.2) is 74.7 Å². The third kappa shape index (κ3) is 7.24. The Kier molecular flexibility index (Phi) is 8.80. The van der Waals surface area contributed by atoms with Gasteiger partial charge in [-0.25, -0.2) is 18.0 Å². The number of amides is 2. The van der Waals surface area contributed by atoms with Crippen molar-refractivity contribution in [3.63, 3.8) is 0 Å². The number of hydrogen-bond acceptors (Lipinski definition) is 8. The van der Waals surface area contributed by atoms with Gasteiger partial charge in [0.15, 0.2) is 0 Å². The van der Waals surface area contributed by atoms with E-state index in [1.54, 1.807) is 52.1 Å². The molecule has 1 aromatic heterocycles. The zero-order valence-corrected chi connectivity index (χ0v) is 26.0. The van der Waals surface area contributed by atoms with Crippen LogP contribution < -0.4 is 10.2 Å². The Morgan fingerprint density at radius 2 is 1.95 bits per heavy atom. The summed E-state index contributed by atoms with van der Waals surface area (Å²) in [6, 6.07) is 7.70. The smallest absolute Gasteiger partial charge is 0.408 e. The molecule has 2 aliphatic heterocycles. The average molecular weight is 654 g/mol. The molecule has 1 N–H and O–H groups in total. The van der Waals surface area contributed by atoms with Gasteiger partial charge in [-0.1, -0.05) is 28.9 Å². The van der Waals surface area contributed by atoms with Crippen molar-refractivity contribution in [1.82, 2.24) is 20.4 Å². The lowest BCUT2D eigenvalue weighted by Crippen LogP contribution is -2.51. The maximum absolute atomic E-state index is 15.6. The van der Waals surface area contributed by atoms with Crippen molar-refractivity contribution in [2.45, 2.75) is 62.1 Å². The number of carbonyl (C=O) groups excluding carboxylic acids is 2. The van der Waals surface area contributed by atoms with Gasteiger partial charge in [0, 0.05) is 18.0 Å². The number of hydrogen-bond donors (Lipinski definition) is 1. The molecule has 5 rings (SSSR count). The molecule has 236 valence electrons. The third-order valence-corrected chi connectivity index (χ3v) is 8.73. The van der Waals surface area contributed by atoms with Gasteiger partial charge >= 0.3 is 6.09 Å². The van der Waals surface area contributed by atoms with Gasteiger partial charge in [-0.2, -0.15) is 4.98 Å². The summed E-state index contributed by atoms with van der Waals surface area (Å²) in [5, 5.41) is 6.83. The number of likely N-dealkylation sites (N-methyl/N-ethyl adjacent to an activating group) is 1. The molecule has 2 aliphatic rings. The number of nitrogens with one attached hydrogen (secondary N) is 1. The van der Waals surface area contributed by atoms with Gasteiger partial charge in [-0.05, 0) is 57.6 Å². The van der Waals surface area contributed by atoms with Crippen molar-refractivity contribution in [2.24, 2.45) is 0 Å². The summed E-state index contributed by atoms with van der Waals surface area (Å²) in [5.41, 5.74) is -0.289. The number of rotatable bonds is 5. The summed E-state index contributed by atoms with van der Waals surface area (Å²) in [7, 11) is -0.382. The number of likely N-dealkylation sites (tertiary alicyclic amines) is 1. The van der Waals surface area contributed by atoms with E-state index in [4.69, 9.17) is 20.9 Å². The van der Waals surface area contributed by atoms with Crippen LogP contribution >= 0.6 is 11.6 Å². The maximum Gasteiger partial charge on any atom is 0.408 e. The SMILES string of the molecule is CN1CC(c2nc(-c3cc4c(cc3F)S(=O)C[C@H](NC(=O)OC(C)(C)C)C(=O)N4Cc3ccc(Cl)cc3)no2)CC(F)(F)C1.